The molecule has 0 saturated carbocycles. The van der Waals surface area contributed by atoms with E-state index in [2.05, 4.69) is 0 Å². The van der Waals surface area contributed by atoms with Crippen molar-refractivity contribution in [1.82, 2.24) is 0 Å². The van der Waals surface area contributed by atoms with Crippen LogP contribution >= 0.6 is 34.8 Å². The first-order chi connectivity index (χ1) is 14.4. The number of amides is 2. The molecule has 0 atom stereocenters. The molecular formula is C23H15Cl3N2O2. The number of imide groups is 1. The van der Waals surface area contributed by atoms with E-state index in [4.69, 9.17) is 34.8 Å². The topological polar surface area (TPSA) is 40.6 Å². The van der Waals surface area contributed by atoms with Gasteiger partial charge in [-0.2, -0.15) is 0 Å². The first kappa shape index (κ1) is 20.5. The molecule has 4 rings (SSSR count). The Hall–Kier alpha value is -2.79. The molecule has 0 aliphatic carbocycles. The lowest BCUT2D eigenvalue weighted by Gasteiger charge is -2.22. The molecule has 150 valence electrons. The second-order valence-electron chi connectivity index (χ2n) is 6.64. The first-order valence-corrected chi connectivity index (χ1v) is 10.2. The second-order valence-corrected chi connectivity index (χ2v) is 7.87. The van der Waals surface area contributed by atoms with Crippen molar-refractivity contribution in [3.63, 3.8) is 0 Å². The fraction of sp³-hybridized carbons (Fsp3) is 0.0435. The quantitative estimate of drug-likeness (QED) is 0.447. The lowest BCUT2D eigenvalue weighted by molar-refractivity contribution is -0.120. The van der Waals surface area contributed by atoms with Crippen LogP contribution in [0.3, 0.4) is 0 Å². The second kappa shape index (κ2) is 8.15. The van der Waals surface area contributed by atoms with Gasteiger partial charge in [0.2, 0.25) is 0 Å². The van der Waals surface area contributed by atoms with E-state index >= 15 is 0 Å². The Morgan fingerprint density at radius 3 is 2.10 bits per heavy atom. The van der Waals surface area contributed by atoms with Gasteiger partial charge in [-0.1, -0.05) is 71.2 Å². The van der Waals surface area contributed by atoms with E-state index in [-0.39, 0.29) is 27.0 Å². The smallest absolute Gasteiger partial charge is 0.282 e. The van der Waals surface area contributed by atoms with Crippen LogP contribution in [0, 0.1) is 0 Å². The fourth-order valence-corrected chi connectivity index (χ4v) is 3.88. The summed E-state index contributed by atoms with van der Waals surface area (Å²) in [4.78, 5) is 29.8. The number of para-hydroxylation sites is 1. The summed E-state index contributed by atoms with van der Waals surface area (Å²) in [6.45, 7) is 0. The highest BCUT2D eigenvalue weighted by molar-refractivity contribution is 6.50. The minimum Gasteiger partial charge on any atom is -0.339 e. The molecule has 7 heteroatoms. The predicted molar refractivity (Wildman–Crippen MR) is 122 cm³/mol. The van der Waals surface area contributed by atoms with Crippen LogP contribution in [-0.4, -0.2) is 18.9 Å². The van der Waals surface area contributed by atoms with Crippen LogP contribution in [0.4, 0.5) is 11.4 Å². The van der Waals surface area contributed by atoms with Gasteiger partial charge in [0, 0.05) is 17.8 Å². The van der Waals surface area contributed by atoms with Crippen molar-refractivity contribution >= 4 is 63.6 Å². The third-order valence-electron chi connectivity index (χ3n) is 4.84. The van der Waals surface area contributed by atoms with Crippen LogP contribution in [0.2, 0.25) is 15.1 Å². The number of carbonyl (C=O) groups excluding carboxylic acids is 2. The highest BCUT2D eigenvalue weighted by Crippen LogP contribution is 2.40. The van der Waals surface area contributed by atoms with Crippen molar-refractivity contribution in [3.05, 3.63) is 99.1 Å². The normalized spacial score (nSPS) is 13.9. The molecule has 30 heavy (non-hydrogen) atoms. The summed E-state index contributed by atoms with van der Waals surface area (Å²) in [6, 6.07) is 20.9. The summed E-state index contributed by atoms with van der Waals surface area (Å²) in [5.41, 5.74) is 2.08. The molecule has 1 aliphatic heterocycles. The minimum absolute atomic E-state index is 0.139. The average Bonchev–Trinajstić information content (AvgIpc) is 3.01. The van der Waals surface area contributed by atoms with Crippen molar-refractivity contribution in [3.8, 4) is 0 Å². The maximum absolute atomic E-state index is 13.5. The van der Waals surface area contributed by atoms with Crippen LogP contribution in [0.1, 0.15) is 5.56 Å². The molecule has 4 nitrogen and oxygen atoms in total. The molecule has 0 aromatic heterocycles. The SMILES string of the molecule is CN(C1=C(c2ccc(Cl)cc2)C(=O)N(c2cccc(Cl)c2Cl)C1=O)c1ccccc1. The zero-order valence-corrected chi connectivity index (χ0v) is 18.0. The summed E-state index contributed by atoms with van der Waals surface area (Å²) >= 11 is 18.5. The molecule has 0 N–H and O–H groups in total. The fourth-order valence-electron chi connectivity index (χ4n) is 3.37. The summed E-state index contributed by atoms with van der Waals surface area (Å²) < 4.78 is 0. The molecule has 1 heterocycles. The van der Waals surface area contributed by atoms with Gasteiger partial charge in [-0.05, 0) is 42.0 Å². The zero-order chi connectivity index (χ0) is 21.4. The number of anilines is 2. The molecule has 0 unspecified atom stereocenters. The average molecular weight is 458 g/mol. The van der Waals surface area contributed by atoms with Gasteiger partial charge in [-0.15, -0.1) is 0 Å². The molecule has 0 spiro atoms. The van der Waals surface area contributed by atoms with E-state index in [1.807, 2.05) is 30.3 Å². The van der Waals surface area contributed by atoms with E-state index in [1.54, 1.807) is 54.4 Å². The molecule has 3 aromatic carbocycles. The van der Waals surface area contributed by atoms with Crippen molar-refractivity contribution in [2.75, 3.05) is 16.8 Å². The summed E-state index contributed by atoms with van der Waals surface area (Å²) in [7, 11) is 1.74. The maximum atomic E-state index is 13.5. The Bertz CT molecular complexity index is 1170. The van der Waals surface area contributed by atoms with Crippen LogP contribution < -0.4 is 9.80 Å². The van der Waals surface area contributed by atoms with E-state index in [9.17, 15) is 9.59 Å². The molecule has 2 amide bonds. The van der Waals surface area contributed by atoms with E-state index in [0.29, 0.717) is 10.6 Å². The highest BCUT2D eigenvalue weighted by Gasteiger charge is 2.43. The lowest BCUT2D eigenvalue weighted by Crippen LogP contribution is -2.34. The number of halogens is 3. The predicted octanol–water partition coefficient (Wildman–Crippen LogP) is 6.07. The summed E-state index contributed by atoms with van der Waals surface area (Å²) in [5.74, 6) is -0.968. The lowest BCUT2D eigenvalue weighted by atomic mass is 10.0. The van der Waals surface area contributed by atoms with Crippen molar-refractivity contribution in [1.29, 1.82) is 0 Å². The molecule has 0 fully saturated rings. The molecular weight excluding hydrogens is 443 g/mol. The molecule has 3 aromatic rings. The van der Waals surface area contributed by atoms with E-state index in [0.717, 1.165) is 10.6 Å². The maximum Gasteiger partial charge on any atom is 0.282 e. The van der Waals surface area contributed by atoms with Crippen molar-refractivity contribution in [2.45, 2.75) is 0 Å². The van der Waals surface area contributed by atoms with Gasteiger partial charge in [0.25, 0.3) is 11.8 Å². The summed E-state index contributed by atoms with van der Waals surface area (Å²) in [5, 5.41) is 0.927. The van der Waals surface area contributed by atoms with Gasteiger partial charge in [0.1, 0.15) is 5.70 Å². The first-order valence-electron chi connectivity index (χ1n) is 9.02. The molecule has 1 aliphatic rings. The van der Waals surface area contributed by atoms with Gasteiger partial charge < -0.3 is 4.90 Å². The Kier molecular flexibility index (Phi) is 5.56. The number of benzene rings is 3. The molecule has 0 bridgehead atoms. The van der Waals surface area contributed by atoms with Crippen LogP contribution in [0.5, 0.6) is 0 Å². The molecule has 0 radical (unpaired) electrons. The van der Waals surface area contributed by atoms with Gasteiger partial charge in [0.15, 0.2) is 0 Å². The third kappa shape index (κ3) is 3.47. The van der Waals surface area contributed by atoms with Gasteiger partial charge in [-0.25, -0.2) is 4.90 Å². The number of hydrogen-bond acceptors (Lipinski definition) is 3. The Morgan fingerprint density at radius 2 is 1.43 bits per heavy atom. The number of hydrogen-bond donors (Lipinski definition) is 0. The number of carbonyl (C=O) groups is 2. The Morgan fingerprint density at radius 1 is 0.767 bits per heavy atom. The molecule has 0 saturated heterocycles. The van der Waals surface area contributed by atoms with Gasteiger partial charge >= 0.3 is 0 Å². The van der Waals surface area contributed by atoms with E-state index < -0.39 is 11.8 Å². The Balaban J connectivity index is 1.91. The standard InChI is InChI=1S/C23H15Cl3N2O2/c1-27(16-6-3-2-4-7-16)21-19(14-10-12-15(24)13-11-14)22(29)28(23(21)30)18-9-5-8-17(25)20(18)26/h2-13H,1H3. The largest absolute Gasteiger partial charge is 0.339 e. The van der Waals surface area contributed by atoms with Gasteiger partial charge in [0.05, 0.1) is 21.3 Å². The van der Waals surface area contributed by atoms with Gasteiger partial charge in [-0.3, -0.25) is 9.59 Å². The number of likely N-dealkylation sites (N-methyl/N-ethyl adjacent to an activating group) is 1. The third-order valence-corrected chi connectivity index (χ3v) is 5.90. The van der Waals surface area contributed by atoms with Crippen LogP contribution in [-0.2, 0) is 9.59 Å². The van der Waals surface area contributed by atoms with Crippen LogP contribution in [0.25, 0.3) is 5.57 Å². The number of rotatable bonds is 4. The highest BCUT2D eigenvalue weighted by atomic mass is 35.5. The van der Waals surface area contributed by atoms with E-state index in [1.165, 1.54) is 0 Å². The minimum atomic E-state index is -0.486. The summed E-state index contributed by atoms with van der Waals surface area (Å²) in [6.07, 6.45) is 0. The van der Waals surface area contributed by atoms with Crippen LogP contribution in [0.15, 0.2) is 78.5 Å². The van der Waals surface area contributed by atoms with Crippen molar-refractivity contribution in [2.24, 2.45) is 0 Å². The zero-order valence-electron chi connectivity index (χ0n) is 15.8. The van der Waals surface area contributed by atoms with Crippen molar-refractivity contribution < 1.29 is 9.59 Å². The Labute approximate surface area is 188 Å². The monoisotopic (exact) mass is 456 g/mol. The number of nitrogens with zero attached hydrogens (tertiary/aromatic N) is 2.